The number of anilines is 1. The lowest BCUT2D eigenvalue weighted by Crippen LogP contribution is -2.48. The number of aliphatic carboxylic acids is 1. The number of benzene rings is 2. The van der Waals surface area contributed by atoms with Crippen molar-refractivity contribution in [3.8, 4) is 11.5 Å². The Kier molecular flexibility index (Phi) is 9.65. The van der Waals surface area contributed by atoms with Gasteiger partial charge in [0.25, 0.3) is 0 Å². The summed E-state index contributed by atoms with van der Waals surface area (Å²) in [5, 5.41) is 10.6. The second kappa shape index (κ2) is 13.6. The Bertz CT molecular complexity index is 1410. The van der Waals surface area contributed by atoms with E-state index in [4.69, 9.17) is 9.47 Å². The van der Waals surface area contributed by atoms with Crippen molar-refractivity contribution in [1.29, 1.82) is 0 Å². The largest absolute Gasteiger partial charge is 0.481 e. The third-order valence-corrected chi connectivity index (χ3v) is 8.74. The Morgan fingerprint density at radius 2 is 1.88 bits per heavy atom. The van der Waals surface area contributed by atoms with Crippen molar-refractivity contribution in [2.24, 2.45) is 5.92 Å². The molecule has 43 heavy (non-hydrogen) atoms. The third kappa shape index (κ3) is 6.69. The molecular formula is C33H41FN4O5. The van der Waals surface area contributed by atoms with Gasteiger partial charge >= 0.3 is 5.97 Å². The molecule has 2 aromatic carbocycles. The number of nitrogens with zero attached hydrogens (tertiary/aromatic N) is 4. The van der Waals surface area contributed by atoms with Crippen molar-refractivity contribution in [3.05, 3.63) is 72.1 Å². The minimum atomic E-state index is -0.894. The number of likely N-dealkylation sites (tertiary alicyclic amines) is 1. The predicted molar refractivity (Wildman–Crippen MR) is 161 cm³/mol. The lowest BCUT2D eigenvalue weighted by Gasteiger charge is -2.35. The Balaban J connectivity index is 1.48. The molecule has 0 spiro atoms. The van der Waals surface area contributed by atoms with Gasteiger partial charge in [-0.2, -0.15) is 0 Å². The van der Waals surface area contributed by atoms with Crippen LogP contribution in [0.5, 0.6) is 11.5 Å². The maximum Gasteiger partial charge on any atom is 0.308 e. The van der Waals surface area contributed by atoms with E-state index in [-0.39, 0.29) is 37.0 Å². The van der Waals surface area contributed by atoms with E-state index in [1.807, 2.05) is 38.8 Å². The first-order chi connectivity index (χ1) is 20.8. The third-order valence-electron chi connectivity index (χ3n) is 8.74. The summed E-state index contributed by atoms with van der Waals surface area (Å²) >= 11 is 0. The number of hydrogen-bond donors (Lipinski definition) is 1. The quantitative estimate of drug-likeness (QED) is 0.275. The van der Waals surface area contributed by atoms with E-state index in [0.29, 0.717) is 42.3 Å². The minimum absolute atomic E-state index is 0.0423. The molecule has 0 saturated carbocycles. The Morgan fingerprint density at radius 1 is 1.12 bits per heavy atom. The Morgan fingerprint density at radius 3 is 2.56 bits per heavy atom. The highest BCUT2D eigenvalue weighted by molar-refractivity contribution is 5.95. The number of rotatable bonds is 13. The van der Waals surface area contributed by atoms with Gasteiger partial charge in [-0.3, -0.25) is 14.5 Å². The van der Waals surface area contributed by atoms with E-state index in [1.54, 1.807) is 31.6 Å². The van der Waals surface area contributed by atoms with Crippen molar-refractivity contribution in [2.75, 3.05) is 24.8 Å². The monoisotopic (exact) mass is 592 g/mol. The van der Waals surface area contributed by atoms with Crippen LogP contribution >= 0.6 is 0 Å². The maximum absolute atomic E-state index is 14.3. The summed E-state index contributed by atoms with van der Waals surface area (Å²) in [5.41, 5.74) is 2.00. The van der Waals surface area contributed by atoms with Gasteiger partial charge in [0, 0.05) is 49.2 Å². The number of hydrogen-bond acceptors (Lipinski definition) is 6. The van der Waals surface area contributed by atoms with E-state index in [1.165, 1.54) is 6.07 Å². The number of carbonyl (C=O) groups is 2. The summed E-state index contributed by atoms with van der Waals surface area (Å²) in [4.78, 5) is 35.2. The number of imidazole rings is 1. The molecule has 1 fully saturated rings. The van der Waals surface area contributed by atoms with Crippen LogP contribution in [0.25, 0.3) is 0 Å². The molecule has 1 amide bonds. The van der Waals surface area contributed by atoms with Crippen molar-refractivity contribution < 1.29 is 28.6 Å². The molecule has 1 saturated heterocycles. The zero-order chi connectivity index (χ0) is 30.5. The van der Waals surface area contributed by atoms with Gasteiger partial charge in [-0.25, -0.2) is 9.37 Å². The van der Waals surface area contributed by atoms with E-state index >= 15 is 0 Å². The fourth-order valence-corrected chi connectivity index (χ4v) is 6.69. The van der Waals surface area contributed by atoms with E-state index in [2.05, 4.69) is 18.8 Å². The van der Waals surface area contributed by atoms with Gasteiger partial charge in [-0.1, -0.05) is 32.8 Å². The molecule has 0 radical (unpaired) electrons. The highest BCUT2D eigenvalue weighted by Gasteiger charge is 2.47. The van der Waals surface area contributed by atoms with Gasteiger partial charge in [0.1, 0.15) is 5.82 Å². The molecule has 1 aromatic heterocycles. The first-order valence-electron chi connectivity index (χ1n) is 15.2. The van der Waals surface area contributed by atoms with Crippen molar-refractivity contribution >= 4 is 17.6 Å². The predicted octanol–water partition coefficient (Wildman–Crippen LogP) is 5.62. The minimum Gasteiger partial charge on any atom is -0.481 e. The van der Waals surface area contributed by atoms with E-state index in [9.17, 15) is 19.1 Å². The standard InChI is InChI=1S/C33H41FN4O5/c1-4-6-24(7-5-2)38(25-9-10-27(34)22(3)16-25)31(39)19-37-18-26(23-8-11-29-30(17-23)43-21-42-29)32(33(40)41)28(37)12-14-36-15-13-35-20-36/h8-11,13,15-17,20,24,26,28,32H,4-7,12,14,18-19,21H2,1-3H3,(H,40,41)/t26-,28+,32-/m1/s1. The van der Waals surface area contributed by atoms with Crippen LogP contribution in [0.1, 0.15) is 63.0 Å². The molecule has 5 rings (SSSR count). The molecule has 1 N–H and O–H groups in total. The number of carboxylic acids is 1. The lowest BCUT2D eigenvalue weighted by molar-refractivity contribution is -0.143. The number of ether oxygens (including phenoxy) is 2. The molecule has 3 atom stereocenters. The van der Waals surface area contributed by atoms with Gasteiger partial charge in [0.15, 0.2) is 11.5 Å². The zero-order valence-electron chi connectivity index (χ0n) is 25.1. The van der Waals surface area contributed by atoms with Crippen LogP contribution in [0.2, 0.25) is 0 Å². The molecule has 0 bridgehead atoms. The van der Waals surface area contributed by atoms with E-state index in [0.717, 1.165) is 31.2 Å². The van der Waals surface area contributed by atoms with Crippen molar-refractivity contribution in [1.82, 2.24) is 14.5 Å². The van der Waals surface area contributed by atoms with Gasteiger partial charge in [-0.15, -0.1) is 0 Å². The van der Waals surface area contributed by atoms with Gasteiger partial charge in [0.2, 0.25) is 12.7 Å². The number of amides is 1. The lowest BCUT2D eigenvalue weighted by atomic mass is 9.84. The summed E-state index contributed by atoms with van der Waals surface area (Å²) in [6.07, 6.45) is 9.24. The summed E-state index contributed by atoms with van der Waals surface area (Å²) in [7, 11) is 0. The second-order valence-electron chi connectivity index (χ2n) is 11.6. The number of fused-ring (bicyclic) bond motifs is 1. The molecule has 0 aliphatic carbocycles. The van der Waals surface area contributed by atoms with Gasteiger partial charge < -0.3 is 24.0 Å². The van der Waals surface area contributed by atoms with Crippen LogP contribution in [-0.4, -0.2) is 63.4 Å². The normalized spacial score (nSPS) is 19.7. The summed E-state index contributed by atoms with van der Waals surface area (Å²) in [6, 6.07) is 9.98. The summed E-state index contributed by atoms with van der Waals surface area (Å²) in [5.74, 6) is -1.16. The first kappa shape index (κ1) is 30.5. The number of carbonyl (C=O) groups excluding carboxylic acids is 1. The van der Waals surface area contributed by atoms with Gasteiger partial charge in [-0.05, 0) is 67.6 Å². The molecule has 3 heterocycles. The average Bonchev–Trinajstić information content (AvgIpc) is 3.74. The van der Waals surface area contributed by atoms with Crippen molar-refractivity contribution in [2.45, 2.75) is 77.4 Å². The summed E-state index contributed by atoms with van der Waals surface area (Å²) < 4.78 is 27.3. The van der Waals surface area contributed by atoms with Gasteiger partial charge in [0.05, 0.1) is 18.8 Å². The molecule has 9 nitrogen and oxygen atoms in total. The average molecular weight is 593 g/mol. The molecular weight excluding hydrogens is 551 g/mol. The number of aryl methyl sites for hydroxylation is 2. The van der Waals surface area contributed by atoms with Crippen LogP contribution < -0.4 is 14.4 Å². The highest BCUT2D eigenvalue weighted by atomic mass is 19.1. The molecule has 0 unspecified atom stereocenters. The Hall–Kier alpha value is -3.92. The fraction of sp³-hybridized carbons (Fsp3) is 0.485. The van der Waals surface area contributed by atoms with Crippen LogP contribution in [0.4, 0.5) is 10.1 Å². The Labute approximate surface area is 252 Å². The van der Waals surface area contributed by atoms with Crippen LogP contribution in [0, 0.1) is 18.7 Å². The first-order valence-corrected chi connectivity index (χ1v) is 15.2. The fourth-order valence-electron chi connectivity index (χ4n) is 6.69. The highest BCUT2D eigenvalue weighted by Crippen LogP contribution is 2.43. The number of aromatic nitrogens is 2. The molecule has 2 aliphatic heterocycles. The smallest absolute Gasteiger partial charge is 0.308 e. The summed E-state index contributed by atoms with van der Waals surface area (Å²) in [6.45, 7) is 7.06. The molecule has 10 heteroatoms. The SMILES string of the molecule is CCCC(CCC)N(C(=O)CN1C[C@H](c2ccc3c(c2)OCO3)[C@@H](C(=O)O)[C@@H]1CCn1ccnc1)c1ccc(F)c(C)c1. The topological polar surface area (TPSA) is 97.1 Å². The molecule has 2 aliphatic rings. The molecule has 230 valence electrons. The molecule has 3 aromatic rings. The number of halogens is 1. The van der Waals surface area contributed by atoms with Crippen molar-refractivity contribution in [3.63, 3.8) is 0 Å². The second-order valence-corrected chi connectivity index (χ2v) is 11.6. The number of carboxylic acid groups (broad SMARTS) is 1. The zero-order valence-corrected chi connectivity index (χ0v) is 25.1. The van der Waals surface area contributed by atoms with E-state index < -0.39 is 17.9 Å². The maximum atomic E-state index is 14.3. The van der Waals surface area contributed by atoms with Crippen LogP contribution in [-0.2, 0) is 16.1 Å². The van der Waals surface area contributed by atoms with Crippen LogP contribution in [0.3, 0.4) is 0 Å². The van der Waals surface area contributed by atoms with Crippen LogP contribution in [0.15, 0.2) is 55.1 Å².